The highest BCUT2D eigenvalue weighted by atomic mass is 16.1. The predicted molar refractivity (Wildman–Crippen MR) is 74.2 cm³/mol. The second-order valence-electron chi connectivity index (χ2n) is 4.79. The molecule has 0 atom stereocenters. The fourth-order valence-electron chi connectivity index (χ4n) is 2.70. The molecular weight excluding hydrogens is 220 g/mol. The fourth-order valence-corrected chi connectivity index (χ4v) is 2.70. The van der Waals surface area contributed by atoms with Gasteiger partial charge in [-0.1, -0.05) is 48.6 Å². The van der Waals surface area contributed by atoms with Gasteiger partial charge in [-0.25, -0.2) is 0 Å². The summed E-state index contributed by atoms with van der Waals surface area (Å²) in [5, 5.41) is 0. The van der Waals surface area contributed by atoms with Crippen molar-refractivity contribution in [2.24, 2.45) is 0 Å². The summed E-state index contributed by atoms with van der Waals surface area (Å²) >= 11 is 0. The van der Waals surface area contributed by atoms with E-state index < -0.39 is 0 Å². The van der Waals surface area contributed by atoms with Gasteiger partial charge in [0, 0.05) is 12.0 Å². The van der Waals surface area contributed by atoms with E-state index in [2.05, 4.69) is 42.5 Å². The van der Waals surface area contributed by atoms with Crippen LogP contribution in [0.3, 0.4) is 0 Å². The second kappa shape index (κ2) is 4.77. The average Bonchev–Trinajstić information content (AvgIpc) is 2.48. The average molecular weight is 236 g/mol. The molecule has 0 radical (unpaired) electrons. The lowest BCUT2D eigenvalue weighted by Crippen LogP contribution is -2.08. The number of carbonyl (C=O) groups excluding carboxylic acids is 1. The molecule has 0 N–H and O–H groups in total. The van der Waals surface area contributed by atoms with Gasteiger partial charge in [-0.15, -0.1) is 0 Å². The van der Waals surface area contributed by atoms with E-state index in [1.807, 2.05) is 6.08 Å². The minimum absolute atomic E-state index is 0.289. The molecule has 90 valence electrons. The molecule has 0 aliphatic heterocycles. The summed E-state index contributed by atoms with van der Waals surface area (Å²) in [6.45, 7) is 0. The van der Waals surface area contributed by atoms with Crippen molar-refractivity contribution in [3.8, 4) is 0 Å². The van der Waals surface area contributed by atoms with Crippen LogP contribution in [0.15, 0.2) is 54.1 Å². The first-order valence-electron chi connectivity index (χ1n) is 6.52. The standard InChI is InChI=1S/C17H16O/c18-17-12-6-11-15-14-9-5-4-8-13(14)7-2-1-3-10-16(15)17/h1-2,4-6,8-9,11H,3,7,10,12H2. The first-order valence-corrected chi connectivity index (χ1v) is 6.52. The largest absolute Gasteiger partial charge is 0.294 e. The van der Waals surface area contributed by atoms with Crippen LogP contribution >= 0.6 is 0 Å². The lowest BCUT2D eigenvalue weighted by atomic mass is 9.87. The molecule has 0 fully saturated rings. The van der Waals surface area contributed by atoms with Gasteiger partial charge in [-0.05, 0) is 36.0 Å². The van der Waals surface area contributed by atoms with Crippen molar-refractivity contribution in [1.29, 1.82) is 0 Å². The minimum atomic E-state index is 0.289. The minimum Gasteiger partial charge on any atom is -0.294 e. The summed E-state index contributed by atoms with van der Waals surface area (Å²) in [5.41, 5.74) is 4.69. The van der Waals surface area contributed by atoms with Crippen LogP contribution in [0.2, 0.25) is 0 Å². The first-order chi connectivity index (χ1) is 8.86. The van der Waals surface area contributed by atoms with Gasteiger partial charge >= 0.3 is 0 Å². The molecule has 0 saturated heterocycles. The topological polar surface area (TPSA) is 17.1 Å². The van der Waals surface area contributed by atoms with E-state index in [0.717, 1.165) is 30.4 Å². The quantitative estimate of drug-likeness (QED) is 0.625. The van der Waals surface area contributed by atoms with E-state index in [9.17, 15) is 4.79 Å². The van der Waals surface area contributed by atoms with Crippen LogP contribution in [0.5, 0.6) is 0 Å². The maximum absolute atomic E-state index is 12.1. The Labute approximate surface area is 108 Å². The van der Waals surface area contributed by atoms with Gasteiger partial charge < -0.3 is 0 Å². The van der Waals surface area contributed by atoms with Gasteiger partial charge in [0.2, 0.25) is 0 Å². The second-order valence-corrected chi connectivity index (χ2v) is 4.79. The Morgan fingerprint density at radius 1 is 0.944 bits per heavy atom. The third kappa shape index (κ3) is 1.97. The van der Waals surface area contributed by atoms with Crippen LogP contribution in [0.1, 0.15) is 30.4 Å². The predicted octanol–water partition coefficient (Wildman–Crippen LogP) is 3.86. The molecule has 2 aliphatic carbocycles. The van der Waals surface area contributed by atoms with Gasteiger partial charge in [0.15, 0.2) is 5.78 Å². The van der Waals surface area contributed by atoms with Crippen molar-refractivity contribution < 1.29 is 4.79 Å². The Morgan fingerprint density at radius 3 is 2.78 bits per heavy atom. The maximum Gasteiger partial charge on any atom is 0.163 e. The van der Waals surface area contributed by atoms with Crippen LogP contribution in [0.25, 0.3) is 5.57 Å². The lowest BCUT2D eigenvalue weighted by Gasteiger charge is -2.16. The molecular formula is C17H16O. The highest BCUT2D eigenvalue weighted by molar-refractivity contribution is 6.07. The van der Waals surface area contributed by atoms with Crippen molar-refractivity contribution >= 4 is 11.4 Å². The summed E-state index contributed by atoms with van der Waals surface area (Å²) in [6.07, 6.45) is 11.9. The Bertz CT molecular complexity index is 573. The number of hydrogen-bond donors (Lipinski definition) is 0. The van der Waals surface area contributed by atoms with Gasteiger partial charge in [0.05, 0.1) is 0 Å². The van der Waals surface area contributed by atoms with Crippen molar-refractivity contribution in [3.05, 3.63) is 65.3 Å². The van der Waals surface area contributed by atoms with E-state index in [-0.39, 0.29) is 5.78 Å². The number of ketones is 1. The lowest BCUT2D eigenvalue weighted by molar-refractivity contribution is -0.114. The zero-order valence-corrected chi connectivity index (χ0v) is 10.4. The number of benzene rings is 1. The smallest absolute Gasteiger partial charge is 0.163 e. The van der Waals surface area contributed by atoms with Crippen LogP contribution < -0.4 is 0 Å². The van der Waals surface area contributed by atoms with Gasteiger partial charge in [0.1, 0.15) is 0 Å². The van der Waals surface area contributed by atoms with Crippen molar-refractivity contribution in [3.63, 3.8) is 0 Å². The number of fused-ring (bicyclic) bond motifs is 2. The maximum atomic E-state index is 12.1. The molecule has 18 heavy (non-hydrogen) atoms. The highest BCUT2D eigenvalue weighted by Gasteiger charge is 2.19. The zero-order chi connectivity index (χ0) is 12.4. The molecule has 0 aromatic heterocycles. The van der Waals surface area contributed by atoms with Gasteiger partial charge in [-0.2, -0.15) is 0 Å². The van der Waals surface area contributed by atoms with Crippen molar-refractivity contribution in [2.45, 2.75) is 25.7 Å². The van der Waals surface area contributed by atoms with E-state index >= 15 is 0 Å². The Kier molecular flexibility index (Phi) is 2.97. The highest BCUT2D eigenvalue weighted by Crippen LogP contribution is 2.31. The molecule has 1 nitrogen and oxygen atoms in total. The van der Waals surface area contributed by atoms with Crippen molar-refractivity contribution in [1.82, 2.24) is 0 Å². The van der Waals surface area contributed by atoms with Crippen LogP contribution in [-0.4, -0.2) is 5.78 Å². The monoisotopic (exact) mass is 236 g/mol. The number of allylic oxidation sites excluding steroid dienone is 6. The van der Waals surface area contributed by atoms with Gasteiger partial charge in [0.25, 0.3) is 0 Å². The van der Waals surface area contributed by atoms with Crippen LogP contribution in [-0.2, 0) is 11.2 Å². The summed E-state index contributed by atoms with van der Waals surface area (Å²) in [5.74, 6) is 0.289. The number of hydrogen-bond acceptors (Lipinski definition) is 1. The molecule has 0 saturated carbocycles. The van der Waals surface area contributed by atoms with Crippen LogP contribution in [0, 0.1) is 0 Å². The van der Waals surface area contributed by atoms with Gasteiger partial charge in [-0.3, -0.25) is 4.79 Å². The van der Waals surface area contributed by atoms with E-state index in [4.69, 9.17) is 0 Å². The zero-order valence-electron chi connectivity index (χ0n) is 10.4. The molecule has 2 aliphatic rings. The van der Waals surface area contributed by atoms with Crippen molar-refractivity contribution in [2.75, 3.05) is 0 Å². The number of rotatable bonds is 0. The molecule has 0 amide bonds. The molecule has 0 spiro atoms. The molecule has 0 bridgehead atoms. The van der Waals surface area contributed by atoms with E-state index in [0.29, 0.717) is 6.42 Å². The normalized spacial score (nSPS) is 18.8. The number of carbonyl (C=O) groups is 1. The SMILES string of the molecule is O=C1CC=CC2=C1CCC=CCc1ccccc12. The fraction of sp³-hybridized carbons (Fsp3) is 0.235. The number of Topliss-reactive ketones (excluding diaryl/α,β-unsaturated/α-hetero) is 1. The molecule has 1 heteroatoms. The molecule has 3 rings (SSSR count). The summed E-state index contributed by atoms with van der Waals surface area (Å²) in [6, 6.07) is 8.41. The third-order valence-corrected chi connectivity index (χ3v) is 3.62. The summed E-state index contributed by atoms with van der Waals surface area (Å²) in [7, 11) is 0. The Hall–Kier alpha value is -1.89. The molecule has 1 aromatic carbocycles. The van der Waals surface area contributed by atoms with E-state index in [1.165, 1.54) is 11.1 Å². The molecule has 0 unspecified atom stereocenters. The third-order valence-electron chi connectivity index (χ3n) is 3.62. The first kappa shape index (κ1) is 11.2. The summed E-state index contributed by atoms with van der Waals surface area (Å²) in [4.78, 5) is 12.1. The molecule has 0 heterocycles. The molecule has 1 aromatic rings. The van der Waals surface area contributed by atoms with E-state index in [1.54, 1.807) is 0 Å². The summed E-state index contributed by atoms with van der Waals surface area (Å²) < 4.78 is 0. The van der Waals surface area contributed by atoms with Crippen LogP contribution in [0.4, 0.5) is 0 Å². The Morgan fingerprint density at radius 2 is 1.83 bits per heavy atom. The Balaban J connectivity index is 2.21.